The van der Waals surface area contributed by atoms with Crippen LogP contribution in [-0.2, 0) is 4.79 Å². The van der Waals surface area contributed by atoms with Gasteiger partial charge in [0.25, 0.3) is 0 Å². The largest absolute Gasteiger partial charge is 0.353 e. The Bertz CT molecular complexity index is 808. The van der Waals surface area contributed by atoms with Gasteiger partial charge in [0, 0.05) is 6.04 Å². The SMILES string of the molecule is CC(C)[C@@H](C)NC(=O)CSc1nnc2sc3ccccc3n12. The molecule has 1 atom stereocenters. The second-order valence-electron chi connectivity index (χ2n) is 5.56. The van der Waals surface area contributed by atoms with E-state index >= 15 is 0 Å². The quantitative estimate of drug-likeness (QED) is 0.728. The first-order valence-electron chi connectivity index (χ1n) is 7.21. The summed E-state index contributed by atoms with van der Waals surface area (Å²) in [5, 5.41) is 12.2. The minimum Gasteiger partial charge on any atom is -0.353 e. The summed E-state index contributed by atoms with van der Waals surface area (Å²) in [5.74, 6) is 0.805. The predicted molar refractivity (Wildman–Crippen MR) is 91.5 cm³/mol. The number of amides is 1. The molecule has 0 saturated carbocycles. The fourth-order valence-corrected chi connectivity index (χ4v) is 3.82. The summed E-state index contributed by atoms with van der Waals surface area (Å²) in [7, 11) is 0. The Balaban J connectivity index is 1.76. The number of aromatic nitrogens is 3. The summed E-state index contributed by atoms with van der Waals surface area (Å²) in [4.78, 5) is 12.9. The third-order valence-corrected chi connectivity index (χ3v) is 5.57. The number of para-hydroxylation sites is 1. The molecule has 7 heteroatoms. The van der Waals surface area contributed by atoms with Gasteiger partial charge in [0.2, 0.25) is 10.9 Å². The fraction of sp³-hybridized carbons (Fsp3) is 0.400. The van der Waals surface area contributed by atoms with Crippen LogP contribution >= 0.6 is 23.1 Å². The van der Waals surface area contributed by atoms with Crippen LogP contribution in [0.15, 0.2) is 29.4 Å². The van der Waals surface area contributed by atoms with Crippen molar-refractivity contribution in [3.05, 3.63) is 24.3 Å². The molecule has 0 aliphatic carbocycles. The van der Waals surface area contributed by atoms with E-state index in [1.807, 2.05) is 29.5 Å². The number of carbonyl (C=O) groups excluding carboxylic acids is 1. The standard InChI is InChI=1S/C15H18N4OS2/c1-9(2)10(3)16-13(20)8-21-14-17-18-15-19(14)11-6-4-5-7-12(11)22-15/h4-7,9-10H,8H2,1-3H3,(H,16,20)/t10-/m1/s1. The van der Waals surface area contributed by atoms with Crippen LogP contribution in [0.1, 0.15) is 20.8 Å². The maximum atomic E-state index is 12.0. The molecule has 0 spiro atoms. The van der Waals surface area contributed by atoms with E-state index in [1.165, 1.54) is 16.5 Å². The Morgan fingerprint density at radius 2 is 2.09 bits per heavy atom. The molecular formula is C15H18N4OS2. The highest BCUT2D eigenvalue weighted by Crippen LogP contribution is 2.29. The lowest BCUT2D eigenvalue weighted by molar-refractivity contribution is -0.119. The Hall–Kier alpha value is -1.60. The average molecular weight is 334 g/mol. The zero-order chi connectivity index (χ0) is 15.7. The molecule has 1 aromatic carbocycles. The van der Waals surface area contributed by atoms with E-state index in [-0.39, 0.29) is 11.9 Å². The van der Waals surface area contributed by atoms with Gasteiger partial charge in [0.15, 0.2) is 5.16 Å². The van der Waals surface area contributed by atoms with Gasteiger partial charge in [-0.3, -0.25) is 9.20 Å². The topological polar surface area (TPSA) is 59.3 Å². The van der Waals surface area contributed by atoms with Gasteiger partial charge < -0.3 is 5.32 Å². The number of benzene rings is 1. The maximum Gasteiger partial charge on any atom is 0.230 e. The number of carbonyl (C=O) groups is 1. The molecule has 1 amide bonds. The maximum absolute atomic E-state index is 12.0. The van der Waals surface area contributed by atoms with E-state index < -0.39 is 0 Å². The normalized spacial score (nSPS) is 13.1. The van der Waals surface area contributed by atoms with Gasteiger partial charge in [-0.05, 0) is 25.0 Å². The van der Waals surface area contributed by atoms with Gasteiger partial charge in [-0.1, -0.05) is 49.1 Å². The monoisotopic (exact) mass is 334 g/mol. The van der Waals surface area contributed by atoms with Crippen molar-refractivity contribution < 1.29 is 4.79 Å². The number of nitrogens with one attached hydrogen (secondary N) is 1. The predicted octanol–water partition coefficient (Wildman–Crippen LogP) is 3.20. The number of hydrogen-bond acceptors (Lipinski definition) is 5. The number of fused-ring (bicyclic) bond motifs is 3. The van der Waals surface area contributed by atoms with E-state index in [0.717, 1.165) is 15.6 Å². The second-order valence-corrected chi connectivity index (χ2v) is 7.51. The highest BCUT2D eigenvalue weighted by molar-refractivity contribution is 7.99. The molecule has 2 aromatic heterocycles. The smallest absolute Gasteiger partial charge is 0.230 e. The van der Waals surface area contributed by atoms with E-state index in [2.05, 4.69) is 35.4 Å². The van der Waals surface area contributed by atoms with Crippen molar-refractivity contribution in [3.8, 4) is 0 Å². The average Bonchev–Trinajstić information content (AvgIpc) is 3.04. The lowest BCUT2D eigenvalue weighted by Gasteiger charge is -2.16. The number of thiazole rings is 1. The minimum absolute atomic E-state index is 0.0301. The minimum atomic E-state index is 0.0301. The van der Waals surface area contributed by atoms with E-state index in [9.17, 15) is 4.79 Å². The molecule has 3 rings (SSSR count). The zero-order valence-electron chi connectivity index (χ0n) is 12.7. The van der Waals surface area contributed by atoms with Crippen molar-refractivity contribution in [2.75, 3.05) is 5.75 Å². The van der Waals surface area contributed by atoms with E-state index in [4.69, 9.17) is 0 Å². The van der Waals surface area contributed by atoms with Gasteiger partial charge in [0.1, 0.15) is 0 Å². The van der Waals surface area contributed by atoms with Gasteiger partial charge in [-0.25, -0.2) is 0 Å². The summed E-state index contributed by atoms with van der Waals surface area (Å²) in [6.45, 7) is 6.21. The lowest BCUT2D eigenvalue weighted by atomic mass is 10.1. The van der Waals surface area contributed by atoms with Crippen LogP contribution in [0.4, 0.5) is 0 Å². The van der Waals surface area contributed by atoms with Gasteiger partial charge in [-0.15, -0.1) is 10.2 Å². The second kappa shape index (κ2) is 6.26. The zero-order valence-corrected chi connectivity index (χ0v) is 14.4. The molecule has 0 fully saturated rings. The van der Waals surface area contributed by atoms with Crippen molar-refractivity contribution in [3.63, 3.8) is 0 Å². The Labute approximate surface area is 137 Å². The molecule has 116 valence electrons. The number of rotatable bonds is 5. The summed E-state index contributed by atoms with van der Waals surface area (Å²) in [5.41, 5.74) is 1.09. The Morgan fingerprint density at radius 1 is 1.32 bits per heavy atom. The molecule has 5 nitrogen and oxygen atoms in total. The number of nitrogens with zero attached hydrogens (tertiary/aromatic N) is 3. The first kappa shape index (κ1) is 15.3. The molecule has 0 saturated heterocycles. The van der Waals surface area contributed by atoms with Crippen molar-refractivity contribution in [2.45, 2.75) is 32.0 Å². The molecule has 0 aliphatic heterocycles. The molecule has 1 N–H and O–H groups in total. The summed E-state index contributed by atoms with van der Waals surface area (Å²) in [6, 6.07) is 8.31. The summed E-state index contributed by atoms with van der Waals surface area (Å²) >= 11 is 3.03. The number of hydrogen-bond donors (Lipinski definition) is 1. The Morgan fingerprint density at radius 3 is 2.86 bits per heavy atom. The molecule has 0 aliphatic rings. The third kappa shape index (κ3) is 2.96. The van der Waals surface area contributed by atoms with Crippen molar-refractivity contribution in [1.29, 1.82) is 0 Å². The summed E-state index contributed by atoms with van der Waals surface area (Å²) < 4.78 is 3.19. The highest BCUT2D eigenvalue weighted by atomic mass is 32.2. The first-order valence-corrected chi connectivity index (χ1v) is 9.01. The van der Waals surface area contributed by atoms with Crippen LogP contribution in [0.25, 0.3) is 15.2 Å². The molecule has 2 heterocycles. The van der Waals surface area contributed by atoms with Crippen LogP contribution in [-0.4, -0.2) is 32.3 Å². The van der Waals surface area contributed by atoms with Crippen molar-refractivity contribution in [1.82, 2.24) is 19.9 Å². The van der Waals surface area contributed by atoms with Crippen molar-refractivity contribution >= 4 is 44.2 Å². The van der Waals surface area contributed by atoms with E-state index in [0.29, 0.717) is 11.7 Å². The van der Waals surface area contributed by atoms with Crippen LogP contribution in [0, 0.1) is 5.92 Å². The van der Waals surface area contributed by atoms with Crippen LogP contribution in [0.5, 0.6) is 0 Å². The number of thioether (sulfide) groups is 1. The molecule has 0 bridgehead atoms. The Kier molecular flexibility index (Phi) is 4.35. The van der Waals surface area contributed by atoms with Crippen molar-refractivity contribution in [2.24, 2.45) is 5.92 Å². The van der Waals surface area contributed by atoms with Crippen LogP contribution < -0.4 is 5.32 Å². The van der Waals surface area contributed by atoms with Gasteiger partial charge in [-0.2, -0.15) is 0 Å². The highest BCUT2D eigenvalue weighted by Gasteiger charge is 2.15. The van der Waals surface area contributed by atoms with Crippen LogP contribution in [0.2, 0.25) is 0 Å². The van der Waals surface area contributed by atoms with Crippen LogP contribution in [0.3, 0.4) is 0 Å². The first-order chi connectivity index (χ1) is 10.6. The van der Waals surface area contributed by atoms with Gasteiger partial charge >= 0.3 is 0 Å². The molecule has 3 aromatic rings. The van der Waals surface area contributed by atoms with Gasteiger partial charge in [0.05, 0.1) is 16.0 Å². The third-order valence-electron chi connectivity index (χ3n) is 3.63. The molecule has 0 unspecified atom stereocenters. The lowest BCUT2D eigenvalue weighted by Crippen LogP contribution is -2.37. The summed E-state index contributed by atoms with van der Waals surface area (Å²) in [6.07, 6.45) is 0. The fourth-order valence-electron chi connectivity index (χ4n) is 2.04. The molecular weight excluding hydrogens is 316 g/mol. The van der Waals surface area contributed by atoms with E-state index in [1.54, 1.807) is 11.3 Å². The molecule has 0 radical (unpaired) electrons. The molecule has 22 heavy (non-hydrogen) atoms.